The Hall–Kier alpha value is -3.22. The number of nitrogens with zero attached hydrogens (tertiary/aromatic N) is 3. The zero-order chi connectivity index (χ0) is 27.0. The van der Waals surface area contributed by atoms with Crippen LogP contribution in [0.5, 0.6) is 0 Å². The van der Waals surface area contributed by atoms with Crippen LogP contribution in [0.4, 0.5) is 11.5 Å². The Kier molecular flexibility index (Phi) is 7.45. The number of anilines is 2. The molecule has 0 unspecified atom stereocenters. The smallest absolute Gasteiger partial charge is 0.253 e. The standard InChI is InChI=1S/C27H31ClN5O3P/c1-17(2)19-8-6-7-9-21(19)27(15-33(16-27)24-11-10-18(13-31-24)37(4,5)36)26(35)32-22-14-30-23(28)12-20(22)25(34)29-3/h6-14,17H,15-16H2,1-5H3,(H,29,34)(H,32,35). The van der Waals surface area contributed by atoms with Crippen LogP contribution >= 0.6 is 18.7 Å². The molecule has 0 bridgehead atoms. The summed E-state index contributed by atoms with van der Waals surface area (Å²) in [6.07, 6.45) is 3.05. The summed E-state index contributed by atoms with van der Waals surface area (Å²) in [6, 6.07) is 13.1. The number of amides is 2. The van der Waals surface area contributed by atoms with Crippen LogP contribution in [-0.2, 0) is 14.8 Å². The Balaban J connectivity index is 1.71. The van der Waals surface area contributed by atoms with Gasteiger partial charge in [0.1, 0.15) is 23.5 Å². The lowest BCUT2D eigenvalue weighted by Crippen LogP contribution is -2.66. The Morgan fingerprint density at radius 3 is 2.38 bits per heavy atom. The first-order chi connectivity index (χ1) is 17.5. The van der Waals surface area contributed by atoms with Gasteiger partial charge in [0.05, 0.1) is 17.4 Å². The minimum atomic E-state index is -2.42. The fraction of sp³-hybridized carbons (Fsp3) is 0.333. The second kappa shape index (κ2) is 10.3. The molecule has 194 valence electrons. The number of aromatic nitrogens is 2. The molecule has 0 atom stereocenters. The number of halogens is 1. The van der Waals surface area contributed by atoms with Crippen molar-refractivity contribution in [3.63, 3.8) is 0 Å². The quantitative estimate of drug-likeness (QED) is 0.343. The lowest BCUT2D eigenvalue weighted by Gasteiger charge is -2.50. The van der Waals surface area contributed by atoms with Gasteiger partial charge in [0.15, 0.2) is 0 Å². The van der Waals surface area contributed by atoms with Crippen molar-refractivity contribution in [1.82, 2.24) is 15.3 Å². The Bertz CT molecular complexity index is 1380. The maximum atomic E-state index is 14.0. The molecule has 1 aliphatic heterocycles. The topological polar surface area (TPSA) is 104 Å². The van der Waals surface area contributed by atoms with Crippen molar-refractivity contribution in [2.75, 3.05) is 43.7 Å². The third-order valence-corrected chi connectivity index (χ3v) is 8.44. The molecule has 3 aromatic rings. The van der Waals surface area contributed by atoms with Crippen LogP contribution < -0.4 is 20.8 Å². The molecule has 2 aromatic heterocycles. The molecular formula is C27H31ClN5O3P. The van der Waals surface area contributed by atoms with Crippen LogP contribution in [0.15, 0.2) is 54.9 Å². The van der Waals surface area contributed by atoms with Gasteiger partial charge in [-0.3, -0.25) is 9.59 Å². The summed E-state index contributed by atoms with van der Waals surface area (Å²) in [6.45, 7) is 8.40. The maximum Gasteiger partial charge on any atom is 0.253 e. The monoisotopic (exact) mass is 539 g/mol. The summed E-state index contributed by atoms with van der Waals surface area (Å²) in [5.41, 5.74) is 1.66. The maximum absolute atomic E-state index is 14.0. The fourth-order valence-electron chi connectivity index (χ4n) is 4.62. The molecule has 1 aromatic carbocycles. The predicted octanol–water partition coefficient (Wildman–Crippen LogP) is 4.26. The highest BCUT2D eigenvalue weighted by molar-refractivity contribution is 7.70. The van der Waals surface area contributed by atoms with Crippen molar-refractivity contribution in [2.24, 2.45) is 0 Å². The average molecular weight is 540 g/mol. The lowest BCUT2D eigenvalue weighted by molar-refractivity contribution is -0.122. The van der Waals surface area contributed by atoms with E-state index in [-0.39, 0.29) is 34.1 Å². The molecule has 1 aliphatic rings. The summed E-state index contributed by atoms with van der Waals surface area (Å²) in [5, 5.41) is 6.40. The molecule has 0 aliphatic carbocycles. The molecular weight excluding hydrogens is 509 g/mol. The van der Waals surface area contributed by atoms with Gasteiger partial charge >= 0.3 is 0 Å². The number of hydrogen-bond acceptors (Lipinski definition) is 6. The molecule has 2 amide bonds. The van der Waals surface area contributed by atoms with E-state index in [9.17, 15) is 14.2 Å². The molecule has 0 spiro atoms. The van der Waals surface area contributed by atoms with E-state index in [4.69, 9.17) is 11.6 Å². The van der Waals surface area contributed by atoms with Gasteiger partial charge in [-0.05, 0) is 48.6 Å². The zero-order valence-corrected chi connectivity index (χ0v) is 23.2. The molecule has 37 heavy (non-hydrogen) atoms. The molecule has 1 saturated heterocycles. The minimum absolute atomic E-state index is 0.157. The molecule has 1 fully saturated rings. The van der Waals surface area contributed by atoms with Gasteiger partial charge in [0.25, 0.3) is 5.91 Å². The fourth-order valence-corrected chi connectivity index (χ4v) is 5.54. The predicted molar refractivity (Wildman–Crippen MR) is 149 cm³/mol. The van der Waals surface area contributed by atoms with E-state index in [1.165, 1.54) is 19.3 Å². The number of carbonyl (C=O) groups excluding carboxylic acids is 2. The van der Waals surface area contributed by atoms with Crippen LogP contribution in [0.3, 0.4) is 0 Å². The van der Waals surface area contributed by atoms with Gasteiger partial charge in [-0.1, -0.05) is 49.7 Å². The first-order valence-corrected chi connectivity index (χ1v) is 15.0. The van der Waals surface area contributed by atoms with E-state index in [1.54, 1.807) is 19.5 Å². The molecule has 0 saturated carbocycles. The van der Waals surface area contributed by atoms with E-state index < -0.39 is 12.6 Å². The minimum Gasteiger partial charge on any atom is -0.355 e. The van der Waals surface area contributed by atoms with E-state index in [0.717, 1.165) is 11.1 Å². The normalized spacial score (nSPS) is 14.7. The average Bonchev–Trinajstić information content (AvgIpc) is 2.84. The van der Waals surface area contributed by atoms with Crippen LogP contribution in [0.25, 0.3) is 0 Å². The number of hydrogen-bond donors (Lipinski definition) is 2. The van der Waals surface area contributed by atoms with Gasteiger partial charge in [-0.2, -0.15) is 0 Å². The molecule has 3 heterocycles. The van der Waals surface area contributed by atoms with Gasteiger partial charge < -0.3 is 20.1 Å². The number of pyridine rings is 2. The van der Waals surface area contributed by atoms with Crippen molar-refractivity contribution < 1.29 is 14.2 Å². The first kappa shape index (κ1) is 26.8. The van der Waals surface area contributed by atoms with Crippen molar-refractivity contribution >= 4 is 47.4 Å². The number of nitrogens with one attached hydrogen (secondary N) is 2. The van der Waals surface area contributed by atoms with E-state index in [0.29, 0.717) is 24.2 Å². The van der Waals surface area contributed by atoms with Crippen molar-refractivity contribution in [3.8, 4) is 0 Å². The molecule has 2 N–H and O–H groups in total. The number of benzene rings is 1. The van der Waals surface area contributed by atoms with Crippen LogP contribution in [0, 0.1) is 0 Å². The van der Waals surface area contributed by atoms with Crippen molar-refractivity contribution in [3.05, 3.63) is 76.7 Å². The molecule has 10 heteroatoms. The van der Waals surface area contributed by atoms with Gasteiger partial charge in [-0.25, -0.2) is 9.97 Å². The van der Waals surface area contributed by atoms with E-state index in [1.807, 2.05) is 41.3 Å². The van der Waals surface area contributed by atoms with Gasteiger partial charge in [0, 0.05) is 31.6 Å². The molecule has 4 rings (SSSR count). The van der Waals surface area contributed by atoms with Crippen LogP contribution in [0.1, 0.15) is 41.3 Å². The third kappa shape index (κ3) is 5.27. The highest BCUT2D eigenvalue weighted by atomic mass is 35.5. The number of carbonyl (C=O) groups is 2. The summed E-state index contributed by atoms with van der Waals surface area (Å²) in [7, 11) is -0.902. The third-order valence-electron chi connectivity index (χ3n) is 6.72. The second-order valence-electron chi connectivity index (χ2n) is 9.99. The Morgan fingerprint density at radius 1 is 1.08 bits per heavy atom. The molecule has 8 nitrogen and oxygen atoms in total. The summed E-state index contributed by atoms with van der Waals surface area (Å²) in [4.78, 5) is 37.1. The van der Waals surface area contributed by atoms with Gasteiger partial charge in [-0.15, -0.1) is 0 Å². The zero-order valence-electron chi connectivity index (χ0n) is 21.6. The van der Waals surface area contributed by atoms with Crippen LogP contribution in [-0.4, -0.2) is 55.2 Å². The second-order valence-corrected chi connectivity index (χ2v) is 13.6. The molecule has 0 radical (unpaired) electrons. The largest absolute Gasteiger partial charge is 0.355 e. The summed E-state index contributed by atoms with van der Waals surface area (Å²) < 4.78 is 12.4. The lowest BCUT2D eigenvalue weighted by atomic mass is 9.69. The Morgan fingerprint density at radius 2 is 1.78 bits per heavy atom. The summed E-state index contributed by atoms with van der Waals surface area (Å²) in [5.74, 6) is 0.297. The highest BCUT2D eigenvalue weighted by Gasteiger charge is 2.52. The van der Waals surface area contributed by atoms with Crippen molar-refractivity contribution in [2.45, 2.75) is 25.2 Å². The Labute approximate surface area is 222 Å². The van der Waals surface area contributed by atoms with E-state index in [2.05, 4.69) is 34.4 Å². The van der Waals surface area contributed by atoms with Crippen molar-refractivity contribution in [1.29, 1.82) is 0 Å². The number of rotatable bonds is 7. The first-order valence-electron chi connectivity index (χ1n) is 12.0. The van der Waals surface area contributed by atoms with Crippen LogP contribution in [0.2, 0.25) is 5.15 Å². The summed E-state index contributed by atoms with van der Waals surface area (Å²) >= 11 is 6.03. The van der Waals surface area contributed by atoms with Gasteiger partial charge in [0.2, 0.25) is 5.91 Å². The highest BCUT2D eigenvalue weighted by Crippen LogP contribution is 2.42. The SMILES string of the molecule is CNC(=O)c1cc(Cl)ncc1NC(=O)C1(c2ccccc2C(C)C)CN(c2ccc(P(C)(C)=O)cn2)C1. The van der Waals surface area contributed by atoms with E-state index >= 15 is 0 Å².